The first kappa shape index (κ1) is 22.5. The summed E-state index contributed by atoms with van der Waals surface area (Å²) in [6.45, 7) is 2.18. The number of para-hydroxylation sites is 1. The number of amides is 1. The fourth-order valence-corrected chi connectivity index (χ4v) is 3.56. The summed E-state index contributed by atoms with van der Waals surface area (Å²) >= 11 is 0. The molecule has 8 nitrogen and oxygen atoms in total. The van der Waals surface area contributed by atoms with E-state index in [2.05, 4.69) is 9.88 Å². The maximum atomic E-state index is 13.3. The number of hydrogen-bond donors (Lipinski definition) is 0. The molecule has 0 radical (unpaired) electrons. The van der Waals surface area contributed by atoms with E-state index in [0.29, 0.717) is 26.2 Å². The number of carbonyl (C=O) groups is 1. The topological polar surface area (TPSA) is 92.7 Å². The molecule has 1 aromatic heterocycles. The van der Waals surface area contributed by atoms with Gasteiger partial charge in [0.2, 0.25) is 5.89 Å². The second kappa shape index (κ2) is 8.66. The lowest BCUT2D eigenvalue weighted by atomic mass is 10.1. The fraction of sp³-hybridized carbons (Fsp3) is 0.273. The lowest BCUT2D eigenvalue weighted by Gasteiger charge is -2.32. The molecule has 0 unspecified atom stereocenters. The van der Waals surface area contributed by atoms with E-state index in [0.717, 1.165) is 12.1 Å². The van der Waals surface area contributed by atoms with E-state index in [9.17, 15) is 28.1 Å². The summed E-state index contributed by atoms with van der Waals surface area (Å²) in [5.74, 6) is -0.659. The van der Waals surface area contributed by atoms with Crippen LogP contribution in [-0.4, -0.2) is 58.8 Å². The number of rotatable bonds is 4. The van der Waals surface area contributed by atoms with Gasteiger partial charge in [-0.15, -0.1) is 0 Å². The van der Waals surface area contributed by atoms with E-state index in [1.165, 1.54) is 30.3 Å². The van der Waals surface area contributed by atoms with Gasteiger partial charge < -0.3 is 14.2 Å². The first-order valence-corrected chi connectivity index (χ1v) is 10.0. The van der Waals surface area contributed by atoms with Crippen LogP contribution in [-0.2, 0) is 6.18 Å². The first-order valence-electron chi connectivity index (χ1n) is 10.0. The molecule has 11 heteroatoms. The minimum atomic E-state index is -4.51. The van der Waals surface area contributed by atoms with E-state index in [4.69, 9.17) is 4.42 Å². The lowest BCUT2D eigenvalue weighted by molar-refractivity contribution is -0.384. The molecule has 172 valence electrons. The third-order valence-electron chi connectivity index (χ3n) is 5.42. The number of benzene rings is 2. The minimum absolute atomic E-state index is 0.0608. The Bertz CT molecular complexity index is 1180. The molecule has 2 heterocycles. The van der Waals surface area contributed by atoms with Crippen LogP contribution in [0.4, 0.5) is 18.9 Å². The van der Waals surface area contributed by atoms with Gasteiger partial charge in [0.25, 0.3) is 11.6 Å². The Balaban J connectivity index is 1.80. The van der Waals surface area contributed by atoms with E-state index in [-0.39, 0.29) is 34.2 Å². The van der Waals surface area contributed by atoms with Crippen LogP contribution in [0.2, 0.25) is 0 Å². The van der Waals surface area contributed by atoms with Gasteiger partial charge in [-0.05, 0) is 37.4 Å². The van der Waals surface area contributed by atoms with E-state index < -0.39 is 22.6 Å². The van der Waals surface area contributed by atoms with Gasteiger partial charge in [0.15, 0.2) is 11.5 Å². The van der Waals surface area contributed by atoms with Gasteiger partial charge in [-0.1, -0.05) is 12.1 Å². The van der Waals surface area contributed by atoms with Crippen molar-refractivity contribution in [2.45, 2.75) is 6.18 Å². The molecule has 1 saturated heterocycles. The molecule has 0 atom stereocenters. The number of nitro groups is 1. The van der Waals surface area contributed by atoms with Crippen LogP contribution >= 0.6 is 0 Å². The van der Waals surface area contributed by atoms with Crippen LogP contribution in [0.15, 0.2) is 52.9 Å². The van der Waals surface area contributed by atoms with Crippen LogP contribution in [0.25, 0.3) is 22.8 Å². The molecule has 1 aliphatic heterocycles. The SMILES string of the molecule is CN1CCN(C(=O)c2nc(-c3ccc(C(F)(F)F)cc3)oc2-c2ccccc2[N+](=O)[O-])CC1. The van der Waals surface area contributed by atoms with Crippen molar-refractivity contribution < 1.29 is 27.3 Å². The summed E-state index contributed by atoms with van der Waals surface area (Å²) in [6.07, 6.45) is -4.51. The molecule has 1 aliphatic rings. The zero-order valence-corrected chi connectivity index (χ0v) is 17.5. The van der Waals surface area contributed by atoms with Crippen LogP contribution in [0.3, 0.4) is 0 Å². The Morgan fingerprint density at radius 3 is 2.30 bits per heavy atom. The monoisotopic (exact) mass is 460 g/mol. The van der Waals surface area contributed by atoms with Gasteiger partial charge in [0.1, 0.15) is 0 Å². The van der Waals surface area contributed by atoms with E-state index in [1.807, 2.05) is 7.05 Å². The van der Waals surface area contributed by atoms with Crippen molar-refractivity contribution in [3.63, 3.8) is 0 Å². The van der Waals surface area contributed by atoms with Gasteiger partial charge in [0, 0.05) is 37.8 Å². The van der Waals surface area contributed by atoms with Crippen LogP contribution < -0.4 is 0 Å². The van der Waals surface area contributed by atoms with Crippen molar-refractivity contribution in [3.05, 3.63) is 69.9 Å². The largest absolute Gasteiger partial charge is 0.435 e. The highest BCUT2D eigenvalue weighted by Crippen LogP contribution is 2.37. The van der Waals surface area contributed by atoms with Gasteiger partial charge >= 0.3 is 6.18 Å². The smallest absolute Gasteiger partial charge is 0.416 e. The van der Waals surface area contributed by atoms with Crippen molar-refractivity contribution in [1.82, 2.24) is 14.8 Å². The predicted molar refractivity (Wildman–Crippen MR) is 112 cm³/mol. The number of alkyl halides is 3. The van der Waals surface area contributed by atoms with Crippen molar-refractivity contribution in [1.29, 1.82) is 0 Å². The van der Waals surface area contributed by atoms with E-state index in [1.54, 1.807) is 11.0 Å². The number of carbonyl (C=O) groups excluding carboxylic acids is 1. The van der Waals surface area contributed by atoms with Crippen LogP contribution in [0.5, 0.6) is 0 Å². The highest BCUT2D eigenvalue weighted by Gasteiger charge is 2.32. The second-order valence-electron chi connectivity index (χ2n) is 7.64. The Kier molecular flexibility index (Phi) is 5.90. The molecule has 33 heavy (non-hydrogen) atoms. The summed E-state index contributed by atoms with van der Waals surface area (Å²) in [7, 11) is 1.93. The summed E-state index contributed by atoms with van der Waals surface area (Å²) < 4.78 is 44.5. The average molecular weight is 460 g/mol. The van der Waals surface area contributed by atoms with Crippen LogP contribution in [0.1, 0.15) is 16.1 Å². The number of oxazole rings is 1. The Morgan fingerprint density at radius 1 is 1.06 bits per heavy atom. The molecule has 0 spiro atoms. The predicted octanol–water partition coefficient (Wildman–Crippen LogP) is 4.32. The second-order valence-corrected chi connectivity index (χ2v) is 7.64. The zero-order valence-electron chi connectivity index (χ0n) is 17.5. The van der Waals surface area contributed by atoms with Crippen molar-refractivity contribution in [2.24, 2.45) is 0 Å². The molecule has 0 saturated carbocycles. The molecule has 1 fully saturated rings. The molecule has 1 amide bonds. The highest BCUT2D eigenvalue weighted by molar-refractivity contribution is 5.99. The molecule has 4 rings (SSSR count). The fourth-order valence-electron chi connectivity index (χ4n) is 3.56. The molecule has 0 bridgehead atoms. The first-order chi connectivity index (χ1) is 15.6. The van der Waals surface area contributed by atoms with E-state index >= 15 is 0 Å². The number of halogens is 3. The molecular formula is C22H19F3N4O4. The lowest BCUT2D eigenvalue weighted by Crippen LogP contribution is -2.47. The molecule has 0 aliphatic carbocycles. The standard InChI is InChI=1S/C22H19F3N4O4/c1-27-10-12-28(13-11-27)21(30)18-19(16-4-2-3-5-17(16)29(31)32)33-20(26-18)14-6-8-15(9-7-14)22(23,24)25/h2-9H,10-13H2,1H3. The number of nitrogens with zero attached hydrogens (tertiary/aromatic N) is 4. The summed E-state index contributed by atoms with van der Waals surface area (Å²) in [5, 5.41) is 11.6. The quantitative estimate of drug-likeness (QED) is 0.425. The van der Waals surface area contributed by atoms with Crippen molar-refractivity contribution in [2.75, 3.05) is 33.2 Å². The normalized spacial score (nSPS) is 15.0. The van der Waals surface area contributed by atoms with Crippen molar-refractivity contribution >= 4 is 11.6 Å². The summed E-state index contributed by atoms with van der Waals surface area (Å²) in [6, 6.07) is 9.89. The molecular weight excluding hydrogens is 441 g/mol. The molecule has 2 aromatic carbocycles. The summed E-state index contributed by atoms with van der Waals surface area (Å²) in [5.41, 5.74) is -0.972. The van der Waals surface area contributed by atoms with Gasteiger partial charge in [-0.25, -0.2) is 4.98 Å². The number of likely N-dealkylation sites (N-methyl/N-ethyl adjacent to an activating group) is 1. The zero-order chi connectivity index (χ0) is 23.8. The number of hydrogen-bond acceptors (Lipinski definition) is 6. The third-order valence-corrected chi connectivity index (χ3v) is 5.42. The van der Waals surface area contributed by atoms with Crippen molar-refractivity contribution in [3.8, 4) is 22.8 Å². The summed E-state index contributed by atoms with van der Waals surface area (Å²) in [4.78, 5) is 32.1. The Morgan fingerprint density at radius 2 is 1.70 bits per heavy atom. The number of aromatic nitrogens is 1. The minimum Gasteiger partial charge on any atom is -0.435 e. The molecule has 0 N–H and O–H groups in total. The Labute approximate surface area is 186 Å². The van der Waals surface area contributed by atoms with Gasteiger partial charge in [0.05, 0.1) is 16.1 Å². The molecule has 3 aromatic rings. The highest BCUT2D eigenvalue weighted by atomic mass is 19.4. The number of nitro benzene ring substituents is 1. The Hall–Kier alpha value is -3.73. The maximum Gasteiger partial charge on any atom is 0.416 e. The van der Waals surface area contributed by atoms with Crippen LogP contribution in [0, 0.1) is 10.1 Å². The third kappa shape index (κ3) is 4.58. The number of piperazine rings is 1. The maximum absolute atomic E-state index is 13.3. The van der Waals surface area contributed by atoms with Gasteiger partial charge in [-0.2, -0.15) is 13.2 Å². The van der Waals surface area contributed by atoms with Gasteiger partial charge in [-0.3, -0.25) is 14.9 Å². The average Bonchev–Trinajstić information content (AvgIpc) is 3.24.